The third-order valence-corrected chi connectivity index (χ3v) is 6.69. The number of fused-ring (bicyclic) bond motifs is 1. The Morgan fingerprint density at radius 3 is 2.86 bits per heavy atom. The van der Waals surface area contributed by atoms with Crippen molar-refractivity contribution in [2.75, 3.05) is 0 Å². The summed E-state index contributed by atoms with van der Waals surface area (Å²) in [5.74, 6) is 0.382. The van der Waals surface area contributed by atoms with Crippen molar-refractivity contribution in [3.63, 3.8) is 0 Å². The summed E-state index contributed by atoms with van der Waals surface area (Å²) in [4.78, 5) is 7.89. The number of thiazole rings is 1. The summed E-state index contributed by atoms with van der Waals surface area (Å²) < 4.78 is 2.09. The van der Waals surface area contributed by atoms with Crippen molar-refractivity contribution in [2.24, 2.45) is 5.92 Å². The molecule has 3 aromatic rings. The molecule has 0 aliphatic heterocycles. The third kappa shape index (κ3) is 2.41. The highest BCUT2D eigenvalue weighted by Crippen LogP contribution is 2.43. The Labute approximate surface area is 138 Å². The van der Waals surface area contributed by atoms with E-state index >= 15 is 0 Å². The first-order valence-electron chi connectivity index (χ1n) is 7.92. The maximum atomic E-state index is 11.1. The maximum Gasteiger partial charge on any atom is 0.120 e. The first-order valence-corrected chi connectivity index (χ1v) is 9.62. The van der Waals surface area contributed by atoms with Crippen molar-refractivity contribution in [3.05, 3.63) is 34.5 Å². The average molecular weight is 332 g/mol. The molecule has 1 atom stereocenters. The average Bonchev–Trinajstić information content (AvgIpc) is 3.22. The van der Waals surface area contributed by atoms with Crippen molar-refractivity contribution >= 4 is 27.5 Å². The van der Waals surface area contributed by atoms with Gasteiger partial charge in [0.1, 0.15) is 11.2 Å². The second kappa shape index (κ2) is 5.80. The molecule has 116 valence electrons. The fourth-order valence-corrected chi connectivity index (χ4v) is 5.42. The number of nitrogens with zero attached hydrogens (tertiary/aromatic N) is 2. The van der Waals surface area contributed by atoms with Crippen LogP contribution in [0.25, 0.3) is 15.3 Å². The molecule has 0 amide bonds. The van der Waals surface area contributed by atoms with Gasteiger partial charge < -0.3 is 5.11 Å². The van der Waals surface area contributed by atoms with Crippen molar-refractivity contribution in [1.82, 2.24) is 9.38 Å². The van der Waals surface area contributed by atoms with E-state index in [1.165, 1.54) is 34.6 Å². The van der Waals surface area contributed by atoms with Gasteiger partial charge in [-0.2, -0.15) is 0 Å². The van der Waals surface area contributed by atoms with Crippen LogP contribution in [0.5, 0.6) is 0 Å². The van der Waals surface area contributed by atoms with Gasteiger partial charge in [-0.15, -0.1) is 22.7 Å². The topological polar surface area (TPSA) is 37.5 Å². The normalized spacial score (nSPS) is 18.1. The van der Waals surface area contributed by atoms with E-state index in [-0.39, 0.29) is 0 Å². The molecule has 3 nitrogen and oxygen atoms in total. The number of aromatic nitrogens is 2. The second-order valence-electron chi connectivity index (χ2n) is 6.21. The van der Waals surface area contributed by atoms with Crippen molar-refractivity contribution in [3.8, 4) is 10.4 Å². The van der Waals surface area contributed by atoms with Gasteiger partial charge in [-0.25, -0.2) is 4.98 Å². The van der Waals surface area contributed by atoms with Crippen LogP contribution in [0.15, 0.2) is 24.0 Å². The lowest BCUT2D eigenvalue weighted by molar-refractivity contribution is 0.0811. The van der Waals surface area contributed by atoms with Gasteiger partial charge in [0, 0.05) is 10.4 Å². The summed E-state index contributed by atoms with van der Waals surface area (Å²) >= 11 is 3.50. The number of aliphatic hydroxyl groups is 1. The molecule has 5 heteroatoms. The second-order valence-corrected chi connectivity index (χ2v) is 8.35. The molecule has 1 fully saturated rings. The van der Waals surface area contributed by atoms with Gasteiger partial charge >= 0.3 is 0 Å². The van der Waals surface area contributed by atoms with Crippen LogP contribution in [-0.2, 0) is 0 Å². The molecule has 0 spiro atoms. The fraction of sp³-hybridized carbons (Fsp3) is 0.471. The highest BCUT2D eigenvalue weighted by molar-refractivity contribution is 7.21. The van der Waals surface area contributed by atoms with Gasteiger partial charge in [0.2, 0.25) is 0 Å². The largest absolute Gasteiger partial charge is 0.387 e. The predicted octanol–water partition coefficient (Wildman–Crippen LogP) is 5.05. The zero-order valence-corrected chi connectivity index (χ0v) is 14.3. The van der Waals surface area contributed by atoms with Crippen LogP contribution >= 0.6 is 22.7 Å². The molecule has 1 saturated carbocycles. The molecule has 4 rings (SSSR count). The number of aliphatic hydroxyl groups excluding tert-OH is 1. The van der Waals surface area contributed by atoms with Gasteiger partial charge in [-0.1, -0.05) is 19.3 Å². The highest BCUT2D eigenvalue weighted by Gasteiger charge is 2.29. The molecule has 3 heterocycles. The van der Waals surface area contributed by atoms with Crippen molar-refractivity contribution in [2.45, 2.75) is 45.1 Å². The summed E-state index contributed by atoms with van der Waals surface area (Å²) in [5, 5.41) is 13.3. The maximum absolute atomic E-state index is 11.1. The lowest BCUT2D eigenvalue weighted by atomic mass is 9.83. The van der Waals surface area contributed by atoms with E-state index in [4.69, 9.17) is 0 Å². The first-order chi connectivity index (χ1) is 10.7. The quantitative estimate of drug-likeness (QED) is 0.729. The van der Waals surface area contributed by atoms with Crippen LogP contribution in [0, 0.1) is 12.8 Å². The van der Waals surface area contributed by atoms with E-state index in [2.05, 4.69) is 27.8 Å². The van der Waals surface area contributed by atoms with Gasteiger partial charge in [-0.3, -0.25) is 4.40 Å². The zero-order valence-electron chi connectivity index (χ0n) is 12.7. The van der Waals surface area contributed by atoms with E-state index in [1.54, 1.807) is 22.7 Å². The summed E-state index contributed by atoms with van der Waals surface area (Å²) in [6.45, 7) is 2.13. The van der Waals surface area contributed by atoms with Crippen LogP contribution in [0.1, 0.15) is 48.8 Å². The lowest BCUT2D eigenvalue weighted by Crippen LogP contribution is -2.17. The molecule has 3 aromatic heterocycles. The molecular formula is C17H20N2OS2. The number of imidazole rings is 1. The Morgan fingerprint density at radius 2 is 2.14 bits per heavy atom. The molecule has 22 heavy (non-hydrogen) atoms. The van der Waals surface area contributed by atoms with Gasteiger partial charge in [0.25, 0.3) is 0 Å². The molecule has 0 radical (unpaired) electrons. The molecule has 0 bridgehead atoms. The fourth-order valence-electron chi connectivity index (χ4n) is 3.52. The van der Waals surface area contributed by atoms with Crippen LogP contribution in [0.2, 0.25) is 0 Å². The van der Waals surface area contributed by atoms with Crippen LogP contribution in [0.3, 0.4) is 0 Å². The number of hydrogen-bond donors (Lipinski definition) is 1. The van der Waals surface area contributed by atoms with E-state index < -0.39 is 6.10 Å². The lowest BCUT2D eigenvalue weighted by Gasteiger charge is -2.27. The smallest absolute Gasteiger partial charge is 0.120 e. The van der Waals surface area contributed by atoms with Gasteiger partial charge in [-0.05, 0) is 37.1 Å². The summed E-state index contributed by atoms with van der Waals surface area (Å²) in [6, 6.07) is 2.22. The molecule has 0 saturated heterocycles. The zero-order chi connectivity index (χ0) is 15.1. The minimum atomic E-state index is -0.390. The summed E-state index contributed by atoms with van der Waals surface area (Å²) in [7, 11) is 0. The SMILES string of the molecule is Cc1cc(-c2sc3cncn3c2C(O)C2CCCCC2)cs1. The Bertz CT molecular complexity index is 780. The highest BCUT2D eigenvalue weighted by atomic mass is 32.1. The Morgan fingerprint density at radius 1 is 1.32 bits per heavy atom. The van der Waals surface area contributed by atoms with E-state index in [0.29, 0.717) is 5.92 Å². The van der Waals surface area contributed by atoms with Crippen molar-refractivity contribution < 1.29 is 5.11 Å². The van der Waals surface area contributed by atoms with E-state index in [1.807, 2.05) is 12.5 Å². The minimum absolute atomic E-state index is 0.382. The van der Waals surface area contributed by atoms with Gasteiger partial charge in [0.05, 0.1) is 22.9 Å². The summed E-state index contributed by atoms with van der Waals surface area (Å²) in [5.41, 5.74) is 2.28. The number of rotatable bonds is 3. The van der Waals surface area contributed by atoms with Crippen LogP contribution in [0.4, 0.5) is 0 Å². The Balaban J connectivity index is 1.81. The first kappa shape index (κ1) is 14.4. The Hall–Kier alpha value is -1.17. The Kier molecular flexibility index (Phi) is 3.80. The molecular weight excluding hydrogens is 312 g/mol. The molecule has 1 aliphatic carbocycles. The van der Waals surface area contributed by atoms with Crippen molar-refractivity contribution in [1.29, 1.82) is 0 Å². The standard InChI is InChI=1S/C17H20N2OS2/c1-11-7-13(9-21-11)17-15(19-10-18-8-14(19)22-17)16(20)12-5-3-2-4-6-12/h7-10,12,16,20H,2-6H2,1H3. The van der Waals surface area contributed by atoms with Gasteiger partial charge in [0.15, 0.2) is 0 Å². The number of hydrogen-bond acceptors (Lipinski definition) is 4. The number of thiophene rings is 1. The van der Waals surface area contributed by atoms with E-state index in [0.717, 1.165) is 23.4 Å². The van der Waals surface area contributed by atoms with Crippen LogP contribution < -0.4 is 0 Å². The number of aryl methyl sites for hydroxylation is 1. The van der Waals surface area contributed by atoms with Crippen LogP contribution in [-0.4, -0.2) is 14.5 Å². The monoisotopic (exact) mass is 332 g/mol. The molecule has 1 aliphatic rings. The molecule has 1 N–H and O–H groups in total. The third-order valence-electron chi connectivity index (χ3n) is 4.67. The summed E-state index contributed by atoms with van der Waals surface area (Å²) in [6.07, 6.45) is 9.41. The molecule has 0 aromatic carbocycles. The van der Waals surface area contributed by atoms with E-state index in [9.17, 15) is 5.11 Å². The minimum Gasteiger partial charge on any atom is -0.387 e. The molecule has 1 unspecified atom stereocenters. The predicted molar refractivity (Wildman–Crippen MR) is 92.7 cm³/mol.